The van der Waals surface area contributed by atoms with Gasteiger partial charge in [0.15, 0.2) is 11.5 Å². The van der Waals surface area contributed by atoms with Crippen LogP contribution >= 0.6 is 23.4 Å². The summed E-state index contributed by atoms with van der Waals surface area (Å²) in [6.45, 7) is 0.708. The fraction of sp³-hybridized carbons (Fsp3) is 0.235. The first-order valence-electron chi connectivity index (χ1n) is 7.06. The van der Waals surface area contributed by atoms with E-state index in [9.17, 15) is 4.79 Å². The van der Waals surface area contributed by atoms with Crippen LogP contribution in [0, 0.1) is 0 Å². The van der Waals surface area contributed by atoms with Gasteiger partial charge in [-0.1, -0.05) is 17.7 Å². The first-order valence-corrected chi connectivity index (χ1v) is 8.66. The van der Waals surface area contributed by atoms with Gasteiger partial charge in [-0.05, 0) is 42.2 Å². The summed E-state index contributed by atoms with van der Waals surface area (Å²) >= 11 is 7.76. The van der Waals surface area contributed by atoms with Crippen molar-refractivity contribution in [3.05, 3.63) is 52.5 Å². The van der Waals surface area contributed by atoms with Gasteiger partial charge in [0.05, 0.1) is 10.6 Å². The van der Waals surface area contributed by atoms with Crippen LogP contribution in [0.5, 0.6) is 11.5 Å². The standard InChI is InChI=1S/C17H16ClNO3S/c1-19(9-11-3-6-15-16(7-11)22-10-21-15)17(20)13-8-12(23-2)4-5-14(13)18/h3-8H,9-10H2,1-2H3. The Morgan fingerprint density at radius 1 is 1.22 bits per heavy atom. The summed E-state index contributed by atoms with van der Waals surface area (Å²) in [4.78, 5) is 15.3. The molecule has 1 amide bonds. The van der Waals surface area contributed by atoms with Crippen molar-refractivity contribution < 1.29 is 14.3 Å². The first kappa shape index (κ1) is 16.0. The lowest BCUT2D eigenvalue weighted by atomic mass is 10.1. The third-order valence-electron chi connectivity index (χ3n) is 3.61. The second-order valence-electron chi connectivity index (χ2n) is 5.19. The molecule has 0 bridgehead atoms. The quantitative estimate of drug-likeness (QED) is 0.780. The van der Waals surface area contributed by atoms with E-state index in [1.165, 1.54) is 0 Å². The molecule has 0 saturated carbocycles. The number of benzene rings is 2. The van der Waals surface area contributed by atoms with Gasteiger partial charge in [-0.3, -0.25) is 4.79 Å². The van der Waals surface area contributed by atoms with Crippen LogP contribution in [0.3, 0.4) is 0 Å². The minimum absolute atomic E-state index is 0.108. The van der Waals surface area contributed by atoms with E-state index in [1.54, 1.807) is 29.8 Å². The minimum atomic E-state index is -0.108. The number of hydrogen-bond donors (Lipinski definition) is 0. The molecule has 0 atom stereocenters. The Hall–Kier alpha value is -1.85. The third kappa shape index (κ3) is 3.41. The molecule has 0 saturated heterocycles. The van der Waals surface area contributed by atoms with Gasteiger partial charge in [-0.15, -0.1) is 11.8 Å². The van der Waals surface area contributed by atoms with E-state index >= 15 is 0 Å². The highest BCUT2D eigenvalue weighted by atomic mass is 35.5. The molecule has 0 aliphatic carbocycles. The van der Waals surface area contributed by atoms with Crippen LogP contribution in [0.2, 0.25) is 5.02 Å². The summed E-state index contributed by atoms with van der Waals surface area (Å²) in [6, 6.07) is 11.2. The molecule has 0 radical (unpaired) electrons. The topological polar surface area (TPSA) is 38.8 Å². The van der Waals surface area contributed by atoms with Crippen LogP contribution in [0.25, 0.3) is 0 Å². The maximum Gasteiger partial charge on any atom is 0.255 e. The molecule has 4 nitrogen and oxygen atoms in total. The van der Waals surface area contributed by atoms with Crippen LogP contribution in [0.15, 0.2) is 41.3 Å². The van der Waals surface area contributed by atoms with Gasteiger partial charge in [0.1, 0.15) is 0 Å². The van der Waals surface area contributed by atoms with Gasteiger partial charge in [-0.2, -0.15) is 0 Å². The molecular formula is C17H16ClNO3S. The van der Waals surface area contributed by atoms with Crippen molar-refractivity contribution in [3.8, 4) is 11.5 Å². The summed E-state index contributed by atoms with van der Waals surface area (Å²) in [5.74, 6) is 1.34. The average Bonchev–Trinajstić information content (AvgIpc) is 3.02. The molecule has 0 aromatic heterocycles. The van der Waals surface area contributed by atoms with Gasteiger partial charge in [0.25, 0.3) is 5.91 Å². The highest BCUT2D eigenvalue weighted by molar-refractivity contribution is 7.98. The number of halogens is 1. The van der Waals surface area contributed by atoms with Gasteiger partial charge in [0.2, 0.25) is 6.79 Å². The zero-order chi connectivity index (χ0) is 16.4. The van der Waals surface area contributed by atoms with Crippen molar-refractivity contribution in [1.29, 1.82) is 0 Å². The van der Waals surface area contributed by atoms with Crippen LogP contribution in [-0.2, 0) is 6.54 Å². The SMILES string of the molecule is CSc1ccc(Cl)c(C(=O)N(C)Cc2ccc3c(c2)OCO3)c1. The lowest BCUT2D eigenvalue weighted by Crippen LogP contribution is -2.26. The summed E-state index contributed by atoms with van der Waals surface area (Å²) in [7, 11) is 1.76. The minimum Gasteiger partial charge on any atom is -0.454 e. The van der Waals surface area contributed by atoms with Gasteiger partial charge in [0, 0.05) is 18.5 Å². The number of nitrogens with zero attached hydrogens (tertiary/aromatic N) is 1. The Morgan fingerprint density at radius 3 is 2.78 bits per heavy atom. The van der Waals surface area contributed by atoms with Gasteiger partial charge < -0.3 is 14.4 Å². The normalized spacial score (nSPS) is 12.3. The second-order valence-corrected chi connectivity index (χ2v) is 6.48. The summed E-state index contributed by atoms with van der Waals surface area (Å²) in [6.07, 6.45) is 1.97. The van der Waals surface area contributed by atoms with E-state index in [-0.39, 0.29) is 12.7 Å². The molecule has 0 fully saturated rings. The van der Waals surface area contributed by atoms with Gasteiger partial charge in [-0.25, -0.2) is 0 Å². The number of amides is 1. The van der Waals surface area contributed by atoms with Crippen molar-refractivity contribution in [2.24, 2.45) is 0 Å². The lowest BCUT2D eigenvalue weighted by molar-refractivity contribution is 0.0785. The first-order chi connectivity index (χ1) is 11.1. The zero-order valence-electron chi connectivity index (χ0n) is 12.8. The molecule has 6 heteroatoms. The Morgan fingerprint density at radius 2 is 2.00 bits per heavy atom. The third-order valence-corrected chi connectivity index (χ3v) is 4.66. The highest BCUT2D eigenvalue weighted by Gasteiger charge is 2.18. The fourth-order valence-corrected chi connectivity index (χ4v) is 3.02. The molecule has 2 aromatic carbocycles. The molecular weight excluding hydrogens is 334 g/mol. The molecule has 1 heterocycles. The number of carbonyl (C=O) groups is 1. The van der Waals surface area contributed by atoms with Crippen molar-refractivity contribution >= 4 is 29.3 Å². The largest absolute Gasteiger partial charge is 0.454 e. The van der Waals surface area contributed by atoms with E-state index in [0.717, 1.165) is 16.2 Å². The predicted molar refractivity (Wildman–Crippen MR) is 91.6 cm³/mol. The summed E-state index contributed by atoms with van der Waals surface area (Å²) < 4.78 is 10.7. The highest BCUT2D eigenvalue weighted by Crippen LogP contribution is 2.33. The fourth-order valence-electron chi connectivity index (χ4n) is 2.39. The Labute approximate surface area is 144 Å². The second kappa shape index (κ2) is 6.72. The molecule has 0 N–H and O–H groups in total. The molecule has 0 unspecified atom stereocenters. The van der Waals surface area contributed by atoms with Crippen LogP contribution < -0.4 is 9.47 Å². The smallest absolute Gasteiger partial charge is 0.255 e. The van der Waals surface area contributed by atoms with Crippen LogP contribution in [-0.4, -0.2) is 30.9 Å². The van der Waals surface area contributed by atoms with E-state index in [1.807, 2.05) is 36.6 Å². The summed E-state index contributed by atoms with van der Waals surface area (Å²) in [5.41, 5.74) is 1.49. The maximum absolute atomic E-state index is 12.6. The number of carbonyl (C=O) groups excluding carboxylic acids is 1. The van der Waals surface area contributed by atoms with Crippen LogP contribution in [0.1, 0.15) is 15.9 Å². The Kier molecular flexibility index (Phi) is 4.68. The van der Waals surface area contributed by atoms with E-state index in [2.05, 4.69) is 0 Å². The van der Waals surface area contributed by atoms with Crippen molar-refractivity contribution in [2.75, 3.05) is 20.1 Å². The Bertz CT molecular complexity index is 751. The van der Waals surface area contributed by atoms with Crippen LogP contribution in [0.4, 0.5) is 0 Å². The maximum atomic E-state index is 12.6. The monoisotopic (exact) mass is 349 g/mol. The van der Waals surface area contributed by atoms with E-state index < -0.39 is 0 Å². The van der Waals surface area contributed by atoms with Crippen molar-refractivity contribution in [2.45, 2.75) is 11.4 Å². The number of ether oxygens (including phenoxy) is 2. The summed E-state index contributed by atoms with van der Waals surface area (Å²) in [5, 5.41) is 0.463. The van der Waals surface area contributed by atoms with E-state index in [0.29, 0.717) is 22.9 Å². The van der Waals surface area contributed by atoms with Crippen molar-refractivity contribution in [1.82, 2.24) is 4.90 Å². The molecule has 1 aliphatic heterocycles. The molecule has 120 valence electrons. The molecule has 1 aliphatic rings. The zero-order valence-corrected chi connectivity index (χ0v) is 14.4. The number of fused-ring (bicyclic) bond motifs is 1. The predicted octanol–water partition coefficient (Wildman–Crippen LogP) is 4.06. The van der Waals surface area contributed by atoms with E-state index in [4.69, 9.17) is 21.1 Å². The number of hydrogen-bond acceptors (Lipinski definition) is 4. The molecule has 0 spiro atoms. The Balaban J connectivity index is 1.77. The van der Waals surface area contributed by atoms with Crippen molar-refractivity contribution in [3.63, 3.8) is 0 Å². The lowest BCUT2D eigenvalue weighted by Gasteiger charge is -2.18. The molecule has 2 aromatic rings. The number of rotatable bonds is 4. The average molecular weight is 350 g/mol. The number of thioether (sulfide) groups is 1. The van der Waals surface area contributed by atoms with Gasteiger partial charge >= 0.3 is 0 Å². The molecule has 23 heavy (non-hydrogen) atoms. The molecule has 3 rings (SSSR count).